The van der Waals surface area contributed by atoms with Gasteiger partial charge in [-0.2, -0.15) is 0 Å². The van der Waals surface area contributed by atoms with Crippen molar-refractivity contribution >= 4 is 58.0 Å². The summed E-state index contributed by atoms with van der Waals surface area (Å²) in [6, 6.07) is 14.6. The van der Waals surface area contributed by atoms with Crippen LogP contribution in [0.3, 0.4) is 0 Å². The lowest BCUT2D eigenvalue weighted by atomic mass is 10.1. The van der Waals surface area contributed by atoms with Crippen LogP contribution in [0.1, 0.15) is 10.4 Å². The van der Waals surface area contributed by atoms with Crippen molar-refractivity contribution in [3.63, 3.8) is 0 Å². The Morgan fingerprint density at radius 3 is 2.39 bits per heavy atom. The van der Waals surface area contributed by atoms with Crippen LogP contribution >= 0.6 is 23.2 Å². The van der Waals surface area contributed by atoms with Crippen LogP contribution in [0, 0.1) is 5.82 Å². The topological polar surface area (TPSA) is 97.0 Å². The molecule has 0 radical (unpaired) electrons. The number of rotatable bonds is 7. The molecule has 4 rings (SSSR count). The van der Waals surface area contributed by atoms with Crippen LogP contribution in [0.2, 0.25) is 5.02 Å². The van der Waals surface area contributed by atoms with Gasteiger partial charge in [0.05, 0.1) is 24.9 Å². The fourth-order valence-corrected chi connectivity index (χ4v) is 3.85. The molecule has 0 atom stereocenters. The second kappa shape index (κ2) is 10.3. The Morgan fingerprint density at radius 1 is 0.917 bits per heavy atom. The fourth-order valence-electron chi connectivity index (χ4n) is 3.46. The highest BCUT2D eigenvalue weighted by atomic mass is 35.5. The molecule has 2 N–H and O–H groups in total. The molecule has 0 spiro atoms. The summed E-state index contributed by atoms with van der Waals surface area (Å²) in [5.74, 6) is -1.84. The van der Waals surface area contributed by atoms with Gasteiger partial charge in [-0.1, -0.05) is 29.3 Å². The van der Waals surface area contributed by atoms with E-state index < -0.39 is 23.5 Å². The van der Waals surface area contributed by atoms with Crippen molar-refractivity contribution < 1.29 is 28.2 Å². The molecule has 0 aliphatic carbocycles. The average molecular weight is 530 g/mol. The Bertz CT molecular complexity index is 1430. The monoisotopic (exact) mass is 529 g/mol. The summed E-state index contributed by atoms with van der Waals surface area (Å²) in [4.78, 5) is 39.6. The van der Waals surface area contributed by atoms with Crippen molar-refractivity contribution in [1.82, 2.24) is 0 Å². The summed E-state index contributed by atoms with van der Waals surface area (Å²) in [7, 11) is 2.87. The van der Waals surface area contributed by atoms with Crippen LogP contribution in [0.4, 0.5) is 21.5 Å². The van der Waals surface area contributed by atoms with Crippen molar-refractivity contribution in [1.29, 1.82) is 0 Å². The fraction of sp³-hybridized carbons (Fsp3) is 0.0800. The number of anilines is 3. The van der Waals surface area contributed by atoms with Crippen molar-refractivity contribution in [2.24, 2.45) is 0 Å². The van der Waals surface area contributed by atoms with E-state index in [1.165, 1.54) is 50.6 Å². The molecule has 0 aromatic heterocycles. The van der Waals surface area contributed by atoms with Gasteiger partial charge in [0, 0.05) is 23.0 Å². The molecular formula is C25H18Cl2FN3O5. The van der Waals surface area contributed by atoms with Crippen LogP contribution in [-0.4, -0.2) is 31.9 Å². The molecule has 0 unspecified atom stereocenters. The molecule has 36 heavy (non-hydrogen) atoms. The normalized spacial score (nSPS) is 13.2. The third-order valence-corrected chi connectivity index (χ3v) is 5.87. The molecule has 1 aliphatic heterocycles. The number of benzene rings is 3. The maximum Gasteiger partial charge on any atom is 0.283 e. The predicted octanol–water partition coefficient (Wildman–Crippen LogP) is 5.18. The number of nitrogens with one attached hydrogen (secondary N) is 2. The number of halogens is 3. The molecule has 8 nitrogen and oxygen atoms in total. The number of imide groups is 1. The van der Waals surface area contributed by atoms with Crippen molar-refractivity contribution in [2.75, 3.05) is 29.8 Å². The second-order valence-electron chi connectivity index (χ2n) is 7.46. The quantitative estimate of drug-likeness (QED) is 0.409. The molecule has 0 bridgehead atoms. The van der Waals surface area contributed by atoms with Gasteiger partial charge in [0.1, 0.15) is 28.0 Å². The number of hydrogen-bond donors (Lipinski definition) is 2. The SMILES string of the molecule is COc1ccc(N2C(=O)C(Cl)=C(Nc3cccc(C(=O)Nc4ccc(F)c(Cl)c4)c3)C2=O)c(OC)c1. The largest absolute Gasteiger partial charge is 0.497 e. The number of methoxy groups -OCH3 is 2. The molecular weight excluding hydrogens is 512 g/mol. The zero-order valence-corrected chi connectivity index (χ0v) is 20.4. The van der Waals surface area contributed by atoms with Crippen molar-refractivity contribution in [2.45, 2.75) is 0 Å². The Morgan fingerprint density at radius 2 is 1.69 bits per heavy atom. The van der Waals surface area contributed by atoms with Gasteiger partial charge in [0.15, 0.2) is 0 Å². The van der Waals surface area contributed by atoms with E-state index in [2.05, 4.69) is 10.6 Å². The first kappa shape index (κ1) is 25.0. The average Bonchev–Trinajstić information content (AvgIpc) is 3.08. The van der Waals surface area contributed by atoms with E-state index in [9.17, 15) is 18.8 Å². The third kappa shape index (κ3) is 4.84. The summed E-state index contributed by atoms with van der Waals surface area (Å²) < 4.78 is 23.8. The molecule has 3 aromatic rings. The molecule has 1 heterocycles. The lowest BCUT2D eigenvalue weighted by Gasteiger charge is -2.18. The highest BCUT2D eigenvalue weighted by molar-refractivity contribution is 6.53. The molecule has 0 saturated heterocycles. The van der Waals surface area contributed by atoms with E-state index in [0.717, 1.165) is 11.0 Å². The number of ether oxygens (including phenoxy) is 2. The molecule has 11 heteroatoms. The first-order chi connectivity index (χ1) is 17.2. The zero-order valence-electron chi connectivity index (χ0n) is 18.9. The summed E-state index contributed by atoms with van der Waals surface area (Å²) >= 11 is 12.0. The minimum Gasteiger partial charge on any atom is -0.497 e. The van der Waals surface area contributed by atoms with E-state index in [1.54, 1.807) is 18.2 Å². The molecule has 1 aliphatic rings. The van der Waals surface area contributed by atoms with Crippen LogP contribution in [0.15, 0.2) is 71.4 Å². The van der Waals surface area contributed by atoms with Crippen molar-refractivity contribution in [3.05, 3.63) is 87.8 Å². The maximum atomic E-state index is 13.4. The van der Waals surface area contributed by atoms with Gasteiger partial charge >= 0.3 is 0 Å². The van der Waals surface area contributed by atoms with Gasteiger partial charge in [-0.3, -0.25) is 14.4 Å². The van der Waals surface area contributed by atoms with Crippen molar-refractivity contribution in [3.8, 4) is 11.5 Å². The molecule has 0 saturated carbocycles. The van der Waals surface area contributed by atoms with Crippen LogP contribution in [0.25, 0.3) is 0 Å². The van der Waals surface area contributed by atoms with E-state index in [-0.39, 0.29) is 32.8 Å². The second-order valence-corrected chi connectivity index (χ2v) is 8.25. The van der Waals surface area contributed by atoms with E-state index in [0.29, 0.717) is 17.1 Å². The summed E-state index contributed by atoms with van der Waals surface area (Å²) in [6.45, 7) is 0. The standard InChI is InChI=1S/C25H18Cl2FN3O5/c1-35-16-7-9-19(20(12-16)36-2)31-24(33)21(27)22(25(31)34)29-14-5-3-4-13(10-14)23(32)30-15-6-8-18(28)17(26)11-15/h3-12,29H,1-2H3,(H,30,32). The molecule has 3 aromatic carbocycles. The Kier molecular flexibility index (Phi) is 7.14. The lowest BCUT2D eigenvalue weighted by molar-refractivity contribution is -0.120. The number of carbonyl (C=O) groups excluding carboxylic acids is 3. The van der Waals surface area contributed by atoms with E-state index in [1.807, 2.05) is 0 Å². The van der Waals surface area contributed by atoms with Gasteiger partial charge in [0.2, 0.25) is 0 Å². The predicted molar refractivity (Wildman–Crippen MR) is 134 cm³/mol. The highest BCUT2D eigenvalue weighted by Gasteiger charge is 2.40. The van der Waals surface area contributed by atoms with Crippen LogP contribution in [-0.2, 0) is 9.59 Å². The summed E-state index contributed by atoms with van der Waals surface area (Å²) in [5, 5.41) is 4.98. The van der Waals surface area contributed by atoms with Crippen LogP contribution in [0.5, 0.6) is 11.5 Å². The zero-order chi connectivity index (χ0) is 26.0. The van der Waals surface area contributed by atoms with E-state index in [4.69, 9.17) is 32.7 Å². The Balaban J connectivity index is 1.56. The van der Waals surface area contributed by atoms with E-state index >= 15 is 0 Å². The van der Waals surface area contributed by atoms with Gasteiger partial charge in [-0.15, -0.1) is 0 Å². The number of carbonyl (C=O) groups is 3. The van der Waals surface area contributed by atoms with Gasteiger partial charge in [0.25, 0.3) is 17.7 Å². The first-order valence-corrected chi connectivity index (χ1v) is 11.1. The minimum atomic E-state index is -0.741. The summed E-state index contributed by atoms with van der Waals surface area (Å²) in [5.41, 5.74) is 0.883. The molecule has 184 valence electrons. The minimum absolute atomic E-state index is 0.132. The highest BCUT2D eigenvalue weighted by Crippen LogP contribution is 2.37. The Labute approximate surface area is 215 Å². The first-order valence-electron chi connectivity index (χ1n) is 10.4. The molecule has 3 amide bonds. The van der Waals surface area contributed by atoms with Gasteiger partial charge in [-0.25, -0.2) is 9.29 Å². The summed E-state index contributed by atoms with van der Waals surface area (Å²) in [6.07, 6.45) is 0. The number of amides is 3. The lowest BCUT2D eigenvalue weighted by Crippen LogP contribution is -2.32. The van der Waals surface area contributed by atoms with Gasteiger partial charge < -0.3 is 20.1 Å². The van der Waals surface area contributed by atoms with Crippen LogP contribution < -0.4 is 25.0 Å². The smallest absolute Gasteiger partial charge is 0.283 e. The third-order valence-electron chi connectivity index (χ3n) is 5.23. The maximum absolute atomic E-state index is 13.4. The Hall–Kier alpha value is -4.08. The number of nitrogens with zero attached hydrogens (tertiary/aromatic N) is 1. The molecule has 0 fully saturated rings. The van der Waals surface area contributed by atoms with Gasteiger partial charge in [-0.05, 0) is 48.5 Å². The number of hydrogen-bond acceptors (Lipinski definition) is 6.